The first-order valence-electron chi connectivity index (χ1n) is 10.4. The average molecular weight is 465 g/mol. The second-order valence-corrected chi connectivity index (χ2v) is 9.50. The molecule has 0 fully saturated rings. The largest absolute Gasteiger partial charge is 0.495 e. The van der Waals surface area contributed by atoms with Crippen LogP contribution in [-0.2, 0) is 16.4 Å². The van der Waals surface area contributed by atoms with Gasteiger partial charge in [0.05, 0.1) is 29.6 Å². The molecule has 0 bridgehead atoms. The van der Waals surface area contributed by atoms with Gasteiger partial charge in [-0.25, -0.2) is 13.4 Å². The number of anilines is 2. The van der Waals surface area contributed by atoms with Crippen LogP contribution >= 0.6 is 0 Å². The molecule has 0 saturated heterocycles. The number of methoxy groups -OCH3 is 1. The molecule has 0 unspecified atom stereocenters. The summed E-state index contributed by atoms with van der Waals surface area (Å²) in [6, 6.07) is 22.3. The highest BCUT2D eigenvalue weighted by molar-refractivity contribution is 7.91. The molecule has 4 aromatic rings. The van der Waals surface area contributed by atoms with E-state index in [2.05, 4.69) is 10.3 Å². The molecular weight excluding hydrogens is 440 g/mol. The van der Waals surface area contributed by atoms with E-state index in [4.69, 9.17) is 13.9 Å². The molecule has 0 aliphatic heterocycles. The molecule has 1 aromatic heterocycles. The zero-order chi connectivity index (χ0) is 23.3. The Morgan fingerprint density at radius 2 is 1.82 bits per heavy atom. The minimum absolute atomic E-state index is 0.00457. The van der Waals surface area contributed by atoms with Gasteiger partial charge in [-0.2, -0.15) is 0 Å². The molecule has 1 heterocycles. The van der Waals surface area contributed by atoms with Crippen molar-refractivity contribution in [1.82, 2.24) is 4.98 Å². The lowest BCUT2D eigenvalue weighted by molar-refractivity contribution is 0.306. The number of aromatic nitrogens is 1. The van der Waals surface area contributed by atoms with E-state index in [9.17, 15) is 8.42 Å². The Labute approximate surface area is 192 Å². The van der Waals surface area contributed by atoms with Gasteiger partial charge in [0.15, 0.2) is 15.6 Å². The van der Waals surface area contributed by atoms with Crippen molar-refractivity contribution >= 4 is 21.5 Å². The maximum Gasteiger partial charge on any atom is 0.299 e. The summed E-state index contributed by atoms with van der Waals surface area (Å²) in [5, 5.41) is 3.01. The first kappa shape index (κ1) is 22.4. The third kappa shape index (κ3) is 5.35. The van der Waals surface area contributed by atoms with Crippen LogP contribution in [0.15, 0.2) is 88.3 Å². The molecule has 0 atom stereocenters. The molecule has 33 heavy (non-hydrogen) atoms. The van der Waals surface area contributed by atoms with Crippen molar-refractivity contribution in [2.45, 2.75) is 18.4 Å². The Balaban J connectivity index is 1.52. The van der Waals surface area contributed by atoms with Crippen molar-refractivity contribution in [3.63, 3.8) is 0 Å². The average Bonchev–Trinajstić information content (AvgIpc) is 3.32. The van der Waals surface area contributed by atoms with Crippen molar-refractivity contribution in [1.29, 1.82) is 0 Å². The van der Waals surface area contributed by atoms with Crippen molar-refractivity contribution in [3.05, 3.63) is 84.6 Å². The van der Waals surface area contributed by atoms with Crippen LogP contribution in [0.3, 0.4) is 0 Å². The molecule has 8 heteroatoms. The zero-order valence-corrected chi connectivity index (χ0v) is 19.1. The zero-order valence-electron chi connectivity index (χ0n) is 18.3. The van der Waals surface area contributed by atoms with Crippen molar-refractivity contribution in [3.8, 4) is 22.8 Å². The molecule has 0 saturated carbocycles. The van der Waals surface area contributed by atoms with Crippen LogP contribution in [0.2, 0.25) is 0 Å². The summed E-state index contributed by atoms with van der Waals surface area (Å²) in [7, 11) is -1.86. The third-order valence-electron chi connectivity index (χ3n) is 5.02. The lowest BCUT2D eigenvalue weighted by Gasteiger charge is -2.11. The van der Waals surface area contributed by atoms with Gasteiger partial charge in [-0.15, -0.1) is 0 Å². The summed E-state index contributed by atoms with van der Waals surface area (Å²) in [4.78, 5) is 4.47. The lowest BCUT2D eigenvalue weighted by Crippen LogP contribution is -2.05. The number of rotatable bonds is 9. The van der Waals surface area contributed by atoms with Gasteiger partial charge in [0.1, 0.15) is 18.1 Å². The van der Waals surface area contributed by atoms with Gasteiger partial charge < -0.3 is 19.2 Å². The van der Waals surface area contributed by atoms with E-state index < -0.39 is 9.84 Å². The molecular formula is C25H24N2O5S. The molecule has 0 aliphatic carbocycles. The predicted molar refractivity (Wildman–Crippen MR) is 127 cm³/mol. The fourth-order valence-corrected chi connectivity index (χ4v) is 4.11. The van der Waals surface area contributed by atoms with Crippen LogP contribution in [0.5, 0.6) is 11.5 Å². The number of sulfone groups is 1. The normalized spacial score (nSPS) is 11.2. The lowest BCUT2D eigenvalue weighted by atomic mass is 10.2. The Kier molecular flexibility index (Phi) is 6.65. The fraction of sp³-hybridized carbons (Fsp3) is 0.160. The SMILES string of the molecule is CCS(=O)(=O)c1ccc(OC)c(Nc2ncc(-c3cccc(OCc4ccccc4)c3)o2)c1. The summed E-state index contributed by atoms with van der Waals surface area (Å²) >= 11 is 0. The molecule has 4 rings (SSSR count). The van der Waals surface area contributed by atoms with E-state index in [1.807, 2.05) is 54.6 Å². The first-order chi connectivity index (χ1) is 16.0. The second kappa shape index (κ2) is 9.79. The van der Waals surface area contributed by atoms with Crippen LogP contribution < -0.4 is 14.8 Å². The quantitative estimate of drug-likeness (QED) is 0.351. The smallest absolute Gasteiger partial charge is 0.299 e. The minimum Gasteiger partial charge on any atom is -0.495 e. The van der Waals surface area contributed by atoms with E-state index in [0.717, 1.165) is 11.1 Å². The highest BCUT2D eigenvalue weighted by Gasteiger charge is 2.16. The Bertz CT molecular complexity index is 1330. The summed E-state index contributed by atoms with van der Waals surface area (Å²) in [6.45, 7) is 2.06. The second-order valence-electron chi connectivity index (χ2n) is 7.22. The Morgan fingerprint density at radius 1 is 1.00 bits per heavy atom. The molecule has 7 nitrogen and oxygen atoms in total. The Hall–Kier alpha value is -3.78. The molecule has 170 valence electrons. The van der Waals surface area contributed by atoms with Crippen molar-refractivity contribution < 1.29 is 22.3 Å². The van der Waals surface area contributed by atoms with Gasteiger partial charge in [0.25, 0.3) is 6.01 Å². The maximum atomic E-state index is 12.3. The highest BCUT2D eigenvalue weighted by atomic mass is 32.2. The number of hydrogen-bond donors (Lipinski definition) is 1. The van der Waals surface area contributed by atoms with E-state index >= 15 is 0 Å². The van der Waals surface area contributed by atoms with Gasteiger partial charge in [0, 0.05) is 5.56 Å². The summed E-state index contributed by atoms with van der Waals surface area (Å²) in [5.74, 6) is 1.73. The van der Waals surface area contributed by atoms with Gasteiger partial charge in [-0.1, -0.05) is 49.4 Å². The molecule has 0 aliphatic rings. The highest BCUT2D eigenvalue weighted by Crippen LogP contribution is 2.32. The molecule has 1 N–H and O–H groups in total. The fourth-order valence-electron chi connectivity index (χ4n) is 3.21. The summed E-state index contributed by atoms with van der Waals surface area (Å²) in [5.41, 5.74) is 2.33. The monoisotopic (exact) mass is 464 g/mol. The van der Waals surface area contributed by atoms with Gasteiger partial charge in [-0.05, 0) is 35.9 Å². The third-order valence-corrected chi connectivity index (χ3v) is 6.76. The van der Waals surface area contributed by atoms with Crippen LogP contribution in [-0.4, -0.2) is 26.3 Å². The van der Waals surface area contributed by atoms with E-state index in [1.165, 1.54) is 19.2 Å². The van der Waals surface area contributed by atoms with Crippen molar-refractivity contribution in [2.24, 2.45) is 0 Å². The maximum absolute atomic E-state index is 12.3. The standard InChI is InChI=1S/C25H24N2O5S/c1-3-33(28,29)21-12-13-23(30-2)22(15-21)27-25-26-16-24(32-25)19-10-7-11-20(14-19)31-17-18-8-5-4-6-9-18/h4-16H,3,17H2,1-2H3,(H,26,27). The van der Waals surface area contributed by atoms with Crippen LogP contribution in [0.25, 0.3) is 11.3 Å². The van der Waals surface area contributed by atoms with E-state index in [0.29, 0.717) is 29.6 Å². The van der Waals surface area contributed by atoms with Crippen molar-refractivity contribution in [2.75, 3.05) is 18.2 Å². The van der Waals surface area contributed by atoms with E-state index in [-0.39, 0.29) is 16.7 Å². The summed E-state index contributed by atoms with van der Waals surface area (Å²) < 4.78 is 41.6. The van der Waals surface area contributed by atoms with Gasteiger partial charge in [-0.3, -0.25) is 0 Å². The van der Waals surface area contributed by atoms with Crippen LogP contribution in [0.1, 0.15) is 12.5 Å². The topological polar surface area (TPSA) is 90.7 Å². The number of oxazole rings is 1. The minimum atomic E-state index is -3.37. The number of benzene rings is 3. The predicted octanol–water partition coefficient (Wildman–Crippen LogP) is 5.47. The van der Waals surface area contributed by atoms with Gasteiger partial charge >= 0.3 is 0 Å². The molecule has 3 aromatic carbocycles. The van der Waals surface area contributed by atoms with Crippen LogP contribution in [0, 0.1) is 0 Å². The molecule has 0 amide bonds. The number of nitrogens with zero attached hydrogens (tertiary/aromatic N) is 1. The first-order valence-corrected chi connectivity index (χ1v) is 12.0. The molecule has 0 radical (unpaired) electrons. The summed E-state index contributed by atoms with van der Waals surface area (Å²) in [6.07, 6.45) is 1.59. The molecule has 0 spiro atoms. The number of hydrogen-bond acceptors (Lipinski definition) is 7. The van der Waals surface area contributed by atoms with Crippen LogP contribution in [0.4, 0.5) is 11.7 Å². The van der Waals surface area contributed by atoms with E-state index in [1.54, 1.807) is 19.2 Å². The number of ether oxygens (including phenoxy) is 2. The van der Waals surface area contributed by atoms with Gasteiger partial charge in [0.2, 0.25) is 0 Å². The number of nitrogens with one attached hydrogen (secondary N) is 1. The Morgan fingerprint density at radius 3 is 2.58 bits per heavy atom.